The molecule has 2 rings (SSSR count). The molecule has 1 aromatic carbocycles. The van der Waals surface area contributed by atoms with E-state index in [9.17, 15) is 4.39 Å². The molecule has 0 aliphatic heterocycles. The lowest BCUT2D eigenvalue weighted by Gasteiger charge is -2.12. The van der Waals surface area contributed by atoms with Crippen LogP contribution in [-0.4, -0.2) is 5.54 Å². The highest BCUT2D eigenvalue weighted by molar-refractivity contribution is 5.32. The van der Waals surface area contributed by atoms with Crippen LogP contribution < -0.4 is 5.73 Å². The molecule has 0 spiro atoms. The Balaban J connectivity index is 2.09. The van der Waals surface area contributed by atoms with E-state index in [0.717, 1.165) is 31.2 Å². The lowest BCUT2D eigenvalue weighted by Crippen LogP contribution is -2.22. The number of rotatable bonds is 4. The number of aryl methyl sites for hydroxylation is 2. The molecule has 0 saturated heterocycles. The molecule has 16 heavy (non-hydrogen) atoms. The zero-order valence-corrected chi connectivity index (χ0v) is 10.1. The van der Waals surface area contributed by atoms with Gasteiger partial charge in [-0.1, -0.05) is 18.2 Å². The first-order valence-corrected chi connectivity index (χ1v) is 6.03. The van der Waals surface area contributed by atoms with Gasteiger partial charge in [-0.25, -0.2) is 4.39 Å². The summed E-state index contributed by atoms with van der Waals surface area (Å²) in [7, 11) is 0. The molecule has 1 aliphatic rings. The van der Waals surface area contributed by atoms with Crippen molar-refractivity contribution in [3.63, 3.8) is 0 Å². The molecule has 1 unspecified atom stereocenters. The zero-order chi connectivity index (χ0) is 11.8. The van der Waals surface area contributed by atoms with Crippen LogP contribution in [-0.2, 0) is 6.42 Å². The van der Waals surface area contributed by atoms with Gasteiger partial charge in [0.05, 0.1) is 0 Å². The van der Waals surface area contributed by atoms with Crippen molar-refractivity contribution < 1.29 is 4.39 Å². The van der Waals surface area contributed by atoms with E-state index >= 15 is 0 Å². The van der Waals surface area contributed by atoms with Crippen molar-refractivity contribution in [3.8, 4) is 0 Å². The van der Waals surface area contributed by atoms with Crippen molar-refractivity contribution in [1.82, 2.24) is 0 Å². The van der Waals surface area contributed by atoms with Gasteiger partial charge in [0.1, 0.15) is 6.17 Å². The van der Waals surface area contributed by atoms with Gasteiger partial charge in [0.15, 0.2) is 0 Å². The van der Waals surface area contributed by atoms with Crippen LogP contribution in [0.4, 0.5) is 4.39 Å². The van der Waals surface area contributed by atoms with Crippen LogP contribution in [0.1, 0.15) is 49.0 Å². The van der Waals surface area contributed by atoms with Crippen molar-refractivity contribution in [2.45, 2.75) is 51.2 Å². The second-order valence-electron chi connectivity index (χ2n) is 5.16. The fraction of sp³-hybridized carbons (Fsp3) is 0.571. The Bertz CT molecular complexity index is 380. The Labute approximate surface area is 96.9 Å². The SMILES string of the molecule is Cc1ccc(C(C)F)cc1CCC1(N)CC1. The molecule has 1 nitrogen and oxygen atoms in total. The second-order valence-corrected chi connectivity index (χ2v) is 5.16. The standard InChI is InChI=1S/C14H20FN/c1-10-3-4-13(11(2)15)9-12(10)5-6-14(16)7-8-14/h3-4,9,11H,5-8,16H2,1-2H3. The maximum absolute atomic E-state index is 13.2. The van der Waals surface area contributed by atoms with Gasteiger partial charge in [0.2, 0.25) is 0 Å². The van der Waals surface area contributed by atoms with Gasteiger partial charge in [-0.2, -0.15) is 0 Å². The molecule has 0 amide bonds. The van der Waals surface area contributed by atoms with Crippen LogP contribution in [0, 0.1) is 6.92 Å². The summed E-state index contributed by atoms with van der Waals surface area (Å²) in [6.45, 7) is 3.66. The van der Waals surface area contributed by atoms with Crippen LogP contribution in [0.25, 0.3) is 0 Å². The molecule has 0 radical (unpaired) electrons. The van der Waals surface area contributed by atoms with Gasteiger partial charge in [-0.05, 0) is 56.2 Å². The van der Waals surface area contributed by atoms with E-state index in [1.54, 1.807) is 6.92 Å². The Morgan fingerprint density at radius 2 is 2.12 bits per heavy atom. The minimum Gasteiger partial charge on any atom is -0.325 e. The van der Waals surface area contributed by atoms with Gasteiger partial charge in [-0.3, -0.25) is 0 Å². The predicted octanol–water partition coefficient (Wildman–Crippen LogP) is 3.45. The number of benzene rings is 1. The summed E-state index contributed by atoms with van der Waals surface area (Å²) in [4.78, 5) is 0. The third-order valence-corrected chi connectivity index (χ3v) is 3.62. The average Bonchev–Trinajstić information content (AvgIpc) is 2.95. The fourth-order valence-electron chi connectivity index (χ4n) is 2.00. The van der Waals surface area contributed by atoms with Crippen molar-refractivity contribution in [1.29, 1.82) is 0 Å². The molecule has 0 bridgehead atoms. The smallest absolute Gasteiger partial charge is 0.122 e. The molecule has 0 aromatic heterocycles. The zero-order valence-electron chi connectivity index (χ0n) is 10.1. The lowest BCUT2D eigenvalue weighted by molar-refractivity contribution is 0.374. The summed E-state index contributed by atoms with van der Waals surface area (Å²) in [6.07, 6.45) is 3.41. The molecule has 2 heteroatoms. The molecular weight excluding hydrogens is 201 g/mol. The number of halogens is 1. The van der Waals surface area contributed by atoms with Crippen molar-refractivity contribution in [2.75, 3.05) is 0 Å². The highest BCUT2D eigenvalue weighted by Gasteiger charge is 2.37. The number of nitrogens with two attached hydrogens (primary N) is 1. The predicted molar refractivity (Wildman–Crippen MR) is 65.2 cm³/mol. The highest BCUT2D eigenvalue weighted by atomic mass is 19.1. The highest BCUT2D eigenvalue weighted by Crippen LogP contribution is 2.37. The monoisotopic (exact) mass is 221 g/mol. The summed E-state index contributed by atoms with van der Waals surface area (Å²) < 4.78 is 13.2. The number of hydrogen-bond acceptors (Lipinski definition) is 1. The van der Waals surface area contributed by atoms with Crippen molar-refractivity contribution >= 4 is 0 Å². The lowest BCUT2D eigenvalue weighted by atomic mass is 9.97. The Morgan fingerprint density at radius 1 is 1.44 bits per heavy atom. The molecule has 1 atom stereocenters. The van der Waals surface area contributed by atoms with Crippen molar-refractivity contribution in [3.05, 3.63) is 34.9 Å². The van der Waals surface area contributed by atoms with Gasteiger partial charge >= 0.3 is 0 Å². The number of alkyl halides is 1. The third kappa shape index (κ3) is 2.62. The van der Waals surface area contributed by atoms with Gasteiger partial charge in [0, 0.05) is 5.54 Å². The van der Waals surface area contributed by atoms with Gasteiger partial charge in [0.25, 0.3) is 0 Å². The fourth-order valence-corrected chi connectivity index (χ4v) is 2.00. The van der Waals surface area contributed by atoms with E-state index in [2.05, 4.69) is 6.92 Å². The first-order valence-electron chi connectivity index (χ1n) is 6.03. The normalized spacial score (nSPS) is 19.5. The van der Waals surface area contributed by atoms with Crippen LogP contribution in [0.3, 0.4) is 0 Å². The van der Waals surface area contributed by atoms with E-state index in [4.69, 9.17) is 5.73 Å². The van der Waals surface area contributed by atoms with Crippen LogP contribution in [0.5, 0.6) is 0 Å². The Kier molecular flexibility index (Phi) is 3.02. The van der Waals surface area contributed by atoms with Crippen molar-refractivity contribution in [2.24, 2.45) is 5.73 Å². The molecular formula is C14H20FN. The molecule has 1 aromatic rings. The molecule has 88 valence electrons. The molecule has 1 fully saturated rings. The molecule has 2 N–H and O–H groups in total. The van der Waals surface area contributed by atoms with E-state index in [1.807, 2.05) is 18.2 Å². The quantitative estimate of drug-likeness (QED) is 0.828. The van der Waals surface area contributed by atoms with E-state index in [0.29, 0.717) is 0 Å². The topological polar surface area (TPSA) is 26.0 Å². The second kappa shape index (κ2) is 4.17. The molecule has 0 heterocycles. The summed E-state index contributed by atoms with van der Waals surface area (Å²) in [5.41, 5.74) is 9.43. The number of hydrogen-bond donors (Lipinski definition) is 1. The maximum atomic E-state index is 13.2. The summed E-state index contributed by atoms with van der Waals surface area (Å²) in [5, 5.41) is 0. The van der Waals surface area contributed by atoms with Crippen LogP contribution >= 0.6 is 0 Å². The van der Waals surface area contributed by atoms with E-state index < -0.39 is 6.17 Å². The van der Waals surface area contributed by atoms with Gasteiger partial charge in [-0.15, -0.1) is 0 Å². The first kappa shape index (κ1) is 11.6. The first-order chi connectivity index (χ1) is 7.50. The van der Waals surface area contributed by atoms with E-state index in [1.165, 1.54) is 11.1 Å². The minimum atomic E-state index is -0.882. The third-order valence-electron chi connectivity index (χ3n) is 3.62. The summed E-state index contributed by atoms with van der Waals surface area (Å²) in [6, 6.07) is 5.88. The Morgan fingerprint density at radius 3 is 2.69 bits per heavy atom. The van der Waals surface area contributed by atoms with Crippen LogP contribution in [0.15, 0.2) is 18.2 Å². The van der Waals surface area contributed by atoms with Crippen LogP contribution in [0.2, 0.25) is 0 Å². The molecule has 1 saturated carbocycles. The summed E-state index contributed by atoms with van der Waals surface area (Å²) >= 11 is 0. The maximum Gasteiger partial charge on any atom is 0.122 e. The van der Waals surface area contributed by atoms with E-state index in [-0.39, 0.29) is 5.54 Å². The minimum absolute atomic E-state index is 0.0871. The Hall–Kier alpha value is -0.890. The largest absolute Gasteiger partial charge is 0.325 e. The average molecular weight is 221 g/mol. The molecule has 1 aliphatic carbocycles. The summed E-state index contributed by atoms with van der Waals surface area (Å²) in [5.74, 6) is 0. The van der Waals surface area contributed by atoms with Gasteiger partial charge < -0.3 is 5.73 Å².